The zero-order chi connectivity index (χ0) is 18.2. The molecule has 26 heavy (non-hydrogen) atoms. The SMILES string of the molecule is NC(=O)CN1CCC(NC(=O)[C@]2(c3ccccc3)CC23CCCC3)CC1. The fourth-order valence-corrected chi connectivity index (χ4v) is 5.47. The van der Waals surface area contributed by atoms with Gasteiger partial charge in [0.05, 0.1) is 12.0 Å². The molecule has 1 aliphatic heterocycles. The molecule has 2 amide bonds. The zero-order valence-electron chi connectivity index (χ0n) is 15.4. The number of carbonyl (C=O) groups is 2. The number of primary amides is 1. The third-order valence-electron chi connectivity index (χ3n) is 6.90. The Morgan fingerprint density at radius 1 is 1.12 bits per heavy atom. The van der Waals surface area contributed by atoms with Crippen molar-refractivity contribution in [1.82, 2.24) is 10.2 Å². The minimum atomic E-state index is -0.324. The number of likely N-dealkylation sites (tertiary alicyclic amines) is 1. The summed E-state index contributed by atoms with van der Waals surface area (Å²) >= 11 is 0. The number of hydrogen-bond acceptors (Lipinski definition) is 3. The van der Waals surface area contributed by atoms with Crippen LogP contribution in [0.1, 0.15) is 50.5 Å². The molecule has 1 spiro atoms. The fraction of sp³-hybridized carbons (Fsp3) is 0.619. The number of nitrogens with two attached hydrogens (primary N) is 1. The molecule has 3 fully saturated rings. The summed E-state index contributed by atoms with van der Waals surface area (Å²) in [6, 6.07) is 10.6. The van der Waals surface area contributed by atoms with Crippen LogP contribution in [0, 0.1) is 5.41 Å². The summed E-state index contributed by atoms with van der Waals surface area (Å²) in [5.74, 6) is -0.0596. The standard InChI is InChI=1S/C21H29N3O2/c22-18(25)14-24-12-8-17(9-13-24)23-19(26)21(16-6-2-1-3-7-16)15-20(21)10-4-5-11-20/h1-3,6-7,17H,4-5,8-15H2,(H2,22,25)(H,23,26)/t21-/m1/s1. The van der Waals surface area contributed by atoms with Crippen molar-refractivity contribution in [3.63, 3.8) is 0 Å². The molecule has 0 radical (unpaired) electrons. The normalized spacial score (nSPS) is 28.2. The topological polar surface area (TPSA) is 75.4 Å². The quantitative estimate of drug-likeness (QED) is 0.848. The van der Waals surface area contributed by atoms with E-state index in [-0.39, 0.29) is 28.7 Å². The van der Waals surface area contributed by atoms with E-state index in [4.69, 9.17) is 5.73 Å². The van der Waals surface area contributed by atoms with Gasteiger partial charge in [-0.15, -0.1) is 0 Å². The third-order valence-corrected chi connectivity index (χ3v) is 6.90. The van der Waals surface area contributed by atoms with Crippen molar-refractivity contribution in [2.45, 2.75) is 56.4 Å². The Balaban J connectivity index is 1.45. The molecule has 2 aliphatic carbocycles. The monoisotopic (exact) mass is 355 g/mol. The van der Waals surface area contributed by atoms with Crippen LogP contribution in [0.3, 0.4) is 0 Å². The van der Waals surface area contributed by atoms with Crippen LogP contribution in [0.25, 0.3) is 0 Å². The lowest BCUT2D eigenvalue weighted by molar-refractivity contribution is -0.126. The van der Waals surface area contributed by atoms with Crippen LogP contribution in [-0.4, -0.2) is 42.4 Å². The average Bonchev–Trinajstić information content (AvgIpc) is 3.05. The molecule has 0 unspecified atom stereocenters. The Morgan fingerprint density at radius 3 is 2.38 bits per heavy atom. The summed E-state index contributed by atoms with van der Waals surface area (Å²) in [5, 5.41) is 3.36. The lowest BCUT2D eigenvalue weighted by atomic mass is 9.83. The lowest BCUT2D eigenvalue weighted by Gasteiger charge is -2.33. The van der Waals surface area contributed by atoms with Crippen LogP contribution in [0.5, 0.6) is 0 Å². The van der Waals surface area contributed by atoms with E-state index in [1.807, 2.05) is 18.2 Å². The maximum Gasteiger partial charge on any atom is 0.231 e. The van der Waals surface area contributed by atoms with Crippen molar-refractivity contribution in [3.05, 3.63) is 35.9 Å². The average molecular weight is 355 g/mol. The molecule has 1 aromatic carbocycles. The second-order valence-electron chi connectivity index (χ2n) is 8.43. The first-order valence-corrected chi connectivity index (χ1v) is 9.93. The van der Waals surface area contributed by atoms with Crippen molar-refractivity contribution >= 4 is 11.8 Å². The predicted molar refractivity (Wildman–Crippen MR) is 100 cm³/mol. The maximum atomic E-state index is 13.4. The number of amides is 2. The Kier molecular flexibility index (Phi) is 4.51. The highest BCUT2D eigenvalue weighted by Crippen LogP contribution is 2.72. The largest absolute Gasteiger partial charge is 0.369 e. The molecule has 140 valence electrons. The van der Waals surface area contributed by atoms with Crippen LogP contribution in [0.4, 0.5) is 0 Å². The molecule has 1 aromatic rings. The van der Waals surface area contributed by atoms with Gasteiger partial charge >= 0.3 is 0 Å². The molecular formula is C21H29N3O2. The highest BCUT2D eigenvalue weighted by molar-refractivity contribution is 5.93. The van der Waals surface area contributed by atoms with Gasteiger partial charge in [-0.2, -0.15) is 0 Å². The van der Waals surface area contributed by atoms with Gasteiger partial charge in [-0.25, -0.2) is 0 Å². The molecular weight excluding hydrogens is 326 g/mol. The van der Waals surface area contributed by atoms with Gasteiger partial charge in [0.25, 0.3) is 0 Å². The molecule has 4 rings (SSSR count). The van der Waals surface area contributed by atoms with Gasteiger partial charge in [-0.05, 0) is 43.1 Å². The molecule has 2 saturated carbocycles. The van der Waals surface area contributed by atoms with Crippen LogP contribution in [0.2, 0.25) is 0 Å². The summed E-state index contributed by atoms with van der Waals surface area (Å²) in [6.45, 7) is 1.95. The molecule has 1 saturated heterocycles. The van der Waals surface area contributed by atoms with Crippen LogP contribution in [0.15, 0.2) is 30.3 Å². The number of benzene rings is 1. The summed E-state index contributed by atoms with van der Waals surface area (Å²) in [5.41, 5.74) is 6.33. The van der Waals surface area contributed by atoms with Crippen LogP contribution in [-0.2, 0) is 15.0 Å². The van der Waals surface area contributed by atoms with Crippen LogP contribution >= 0.6 is 0 Å². The molecule has 3 N–H and O–H groups in total. The van der Waals surface area contributed by atoms with Crippen molar-refractivity contribution in [3.8, 4) is 0 Å². The van der Waals surface area contributed by atoms with E-state index in [9.17, 15) is 9.59 Å². The van der Waals surface area contributed by atoms with E-state index in [0.29, 0.717) is 6.54 Å². The Labute approximate surface area is 155 Å². The van der Waals surface area contributed by atoms with Crippen molar-refractivity contribution in [2.75, 3.05) is 19.6 Å². The van der Waals surface area contributed by atoms with Crippen LogP contribution < -0.4 is 11.1 Å². The minimum Gasteiger partial charge on any atom is -0.369 e. The predicted octanol–water partition coefficient (Wildman–Crippen LogP) is 1.95. The fourth-order valence-electron chi connectivity index (χ4n) is 5.47. The lowest BCUT2D eigenvalue weighted by Crippen LogP contribution is -2.49. The molecule has 0 bridgehead atoms. The number of nitrogens with zero attached hydrogens (tertiary/aromatic N) is 1. The van der Waals surface area contributed by atoms with Crippen molar-refractivity contribution in [2.24, 2.45) is 11.1 Å². The molecule has 5 nitrogen and oxygen atoms in total. The first kappa shape index (κ1) is 17.5. The molecule has 5 heteroatoms. The van der Waals surface area contributed by atoms with E-state index in [0.717, 1.165) is 32.4 Å². The van der Waals surface area contributed by atoms with E-state index in [1.165, 1.54) is 31.2 Å². The van der Waals surface area contributed by atoms with Crippen molar-refractivity contribution < 1.29 is 9.59 Å². The van der Waals surface area contributed by atoms with E-state index < -0.39 is 0 Å². The Morgan fingerprint density at radius 2 is 1.77 bits per heavy atom. The number of nitrogens with one attached hydrogen (secondary N) is 1. The third kappa shape index (κ3) is 2.92. The maximum absolute atomic E-state index is 13.4. The number of carbonyl (C=O) groups excluding carboxylic acids is 2. The highest BCUT2D eigenvalue weighted by Gasteiger charge is 2.72. The Hall–Kier alpha value is -1.88. The molecule has 1 heterocycles. The summed E-state index contributed by atoms with van der Waals surface area (Å²) < 4.78 is 0. The van der Waals surface area contributed by atoms with Gasteiger partial charge in [-0.3, -0.25) is 14.5 Å². The molecule has 0 aromatic heterocycles. The number of piperidine rings is 1. The van der Waals surface area contributed by atoms with Gasteiger partial charge in [-0.1, -0.05) is 43.2 Å². The molecule has 1 atom stereocenters. The highest BCUT2D eigenvalue weighted by atomic mass is 16.2. The van der Waals surface area contributed by atoms with Gasteiger partial charge < -0.3 is 11.1 Å². The van der Waals surface area contributed by atoms with E-state index in [1.54, 1.807) is 0 Å². The van der Waals surface area contributed by atoms with Gasteiger partial charge in [0, 0.05) is 19.1 Å². The van der Waals surface area contributed by atoms with Gasteiger partial charge in [0.15, 0.2) is 0 Å². The van der Waals surface area contributed by atoms with Gasteiger partial charge in [0.1, 0.15) is 0 Å². The summed E-state index contributed by atoms with van der Waals surface area (Å²) in [6.07, 6.45) is 7.60. The number of rotatable bonds is 5. The first-order valence-electron chi connectivity index (χ1n) is 9.93. The van der Waals surface area contributed by atoms with E-state index in [2.05, 4.69) is 22.3 Å². The summed E-state index contributed by atoms with van der Waals surface area (Å²) in [4.78, 5) is 26.6. The summed E-state index contributed by atoms with van der Waals surface area (Å²) in [7, 11) is 0. The number of hydrogen-bond donors (Lipinski definition) is 2. The second-order valence-corrected chi connectivity index (χ2v) is 8.43. The molecule has 3 aliphatic rings. The minimum absolute atomic E-state index is 0.186. The second kappa shape index (κ2) is 6.69. The smallest absolute Gasteiger partial charge is 0.231 e. The Bertz CT molecular complexity index is 676. The van der Waals surface area contributed by atoms with Crippen molar-refractivity contribution in [1.29, 1.82) is 0 Å². The van der Waals surface area contributed by atoms with E-state index >= 15 is 0 Å². The first-order chi connectivity index (χ1) is 12.6. The van der Waals surface area contributed by atoms with Gasteiger partial charge in [0.2, 0.25) is 11.8 Å². The zero-order valence-corrected chi connectivity index (χ0v) is 15.4.